The van der Waals surface area contributed by atoms with Crippen LogP contribution in [0.4, 0.5) is 4.79 Å². The van der Waals surface area contributed by atoms with Gasteiger partial charge in [0.05, 0.1) is 5.60 Å². The first-order valence-electron chi connectivity index (χ1n) is 6.60. The van der Waals surface area contributed by atoms with Crippen molar-refractivity contribution >= 4 is 17.8 Å². The van der Waals surface area contributed by atoms with Gasteiger partial charge in [0.1, 0.15) is 0 Å². The highest BCUT2D eigenvalue weighted by Gasteiger charge is 2.34. The summed E-state index contributed by atoms with van der Waals surface area (Å²) in [5.74, 6) is 0.835. The van der Waals surface area contributed by atoms with E-state index in [2.05, 4.69) is 22.8 Å². The van der Waals surface area contributed by atoms with Crippen LogP contribution in [0.15, 0.2) is 35.2 Å². The molecule has 1 aliphatic carbocycles. The second kappa shape index (κ2) is 6.82. The van der Waals surface area contributed by atoms with Crippen molar-refractivity contribution in [2.75, 3.05) is 18.8 Å². The van der Waals surface area contributed by atoms with Gasteiger partial charge in [0, 0.05) is 23.7 Å². The summed E-state index contributed by atoms with van der Waals surface area (Å²) in [5.41, 5.74) is -0.657. The van der Waals surface area contributed by atoms with Crippen molar-refractivity contribution in [2.45, 2.75) is 29.8 Å². The Morgan fingerprint density at radius 2 is 2.00 bits per heavy atom. The summed E-state index contributed by atoms with van der Waals surface area (Å²) in [5, 5.41) is 15.3. The zero-order valence-electron chi connectivity index (χ0n) is 10.9. The summed E-state index contributed by atoms with van der Waals surface area (Å²) in [6.45, 7) is 0.967. The standard InChI is InChI=1S/C14H20N2O2S/c17-13(16-11-14(18)7-4-8-14)15-9-10-19-12-5-2-1-3-6-12/h1-3,5-6,18H,4,7-11H2,(H2,15,16,17). The highest BCUT2D eigenvalue weighted by Crippen LogP contribution is 2.30. The highest BCUT2D eigenvalue weighted by atomic mass is 32.2. The fourth-order valence-electron chi connectivity index (χ4n) is 1.92. The van der Waals surface area contributed by atoms with Gasteiger partial charge in [-0.15, -0.1) is 11.8 Å². The molecule has 0 bridgehead atoms. The molecule has 3 N–H and O–H groups in total. The Kier molecular flexibility index (Phi) is 5.10. The van der Waals surface area contributed by atoms with Crippen molar-refractivity contribution < 1.29 is 9.90 Å². The molecule has 1 aliphatic rings. The molecule has 19 heavy (non-hydrogen) atoms. The fraction of sp³-hybridized carbons (Fsp3) is 0.500. The number of benzene rings is 1. The summed E-state index contributed by atoms with van der Waals surface area (Å²) in [7, 11) is 0. The summed E-state index contributed by atoms with van der Waals surface area (Å²) in [6.07, 6.45) is 2.63. The number of carbonyl (C=O) groups is 1. The summed E-state index contributed by atoms with van der Waals surface area (Å²) >= 11 is 1.71. The number of carbonyl (C=O) groups excluding carboxylic acids is 1. The van der Waals surface area contributed by atoms with E-state index in [9.17, 15) is 9.90 Å². The first-order valence-corrected chi connectivity index (χ1v) is 7.58. The molecular weight excluding hydrogens is 260 g/mol. The van der Waals surface area contributed by atoms with E-state index in [0.717, 1.165) is 25.0 Å². The summed E-state index contributed by atoms with van der Waals surface area (Å²) in [4.78, 5) is 12.7. The van der Waals surface area contributed by atoms with Crippen LogP contribution in [0.25, 0.3) is 0 Å². The Hall–Kier alpha value is -1.20. The van der Waals surface area contributed by atoms with Crippen LogP contribution in [0.3, 0.4) is 0 Å². The molecule has 0 heterocycles. The molecule has 0 atom stereocenters. The maximum Gasteiger partial charge on any atom is 0.314 e. The quantitative estimate of drug-likeness (QED) is 0.551. The lowest BCUT2D eigenvalue weighted by atomic mass is 9.80. The smallest absolute Gasteiger partial charge is 0.314 e. The van der Waals surface area contributed by atoms with Crippen molar-refractivity contribution in [1.29, 1.82) is 0 Å². The van der Waals surface area contributed by atoms with Crippen molar-refractivity contribution in [2.24, 2.45) is 0 Å². The molecule has 1 fully saturated rings. The number of rotatable bonds is 6. The summed E-state index contributed by atoms with van der Waals surface area (Å²) in [6, 6.07) is 9.90. The van der Waals surface area contributed by atoms with Crippen LogP contribution < -0.4 is 10.6 Å². The van der Waals surface area contributed by atoms with Crippen LogP contribution in [-0.4, -0.2) is 35.6 Å². The lowest BCUT2D eigenvalue weighted by molar-refractivity contribution is -0.0289. The molecule has 1 aromatic rings. The molecule has 104 valence electrons. The van der Waals surface area contributed by atoms with Crippen LogP contribution in [0.2, 0.25) is 0 Å². The van der Waals surface area contributed by atoms with Gasteiger partial charge in [0.25, 0.3) is 0 Å². The topological polar surface area (TPSA) is 61.4 Å². The Morgan fingerprint density at radius 1 is 1.26 bits per heavy atom. The van der Waals surface area contributed by atoms with E-state index in [1.165, 1.54) is 4.90 Å². The Labute approximate surface area is 118 Å². The van der Waals surface area contributed by atoms with E-state index in [-0.39, 0.29) is 6.03 Å². The predicted molar refractivity (Wildman–Crippen MR) is 77.4 cm³/mol. The highest BCUT2D eigenvalue weighted by molar-refractivity contribution is 7.99. The Morgan fingerprint density at radius 3 is 2.63 bits per heavy atom. The second-order valence-corrected chi connectivity index (χ2v) is 6.02. The molecule has 5 heteroatoms. The number of urea groups is 1. The minimum atomic E-state index is -0.657. The van der Waals surface area contributed by atoms with Crippen LogP contribution in [0.5, 0.6) is 0 Å². The number of hydrogen-bond donors (Lipinski definition) is 3. The number of nitrogens with one attached hydrogen (secondary N) is 2. The predicted octanol–water partition coefficient (Wildman–Crippen LogP) is 1.99. The number of thioether (sulfide) groups is 1. The Bertz CT molecular complexity index is 407. The molecule has 0 radical (unpaired) electrons. The van der Waals surface area contributed by atoms with Crippen molar-refractivity contribution in [3.8, 4) is 0 Å². The summed E-state index contributed by atoms with van der Waals surface area (Å²) < 4.78 is 0. The molecule has 2 amide bonds. The molecule has 1 saturated carbocycles. The van der Waals surface area contributed by atoms with Gasteiger partial charge < -0.3 is 15.7 Å². The van der Waals surface area contributed by atoms with E-state index >= 15 is 0 Å². The second-order valence-electron chi connectivity index (χ2n) is 4.85. The molecule has 1 aromatic carbocycles. The fourth-order valence-corrected chi connectivity index (χ4v) is 2.71. The van der Waals surface area contributed by atoms with Gasteiger partial charge in [-0.1, -0.05) is 18.2 Å². The monoisotopic (exact) mass is 280 g/mol. The average molecular weight is 280 g/mol. The molecule has 0 saturated heterocycles. The van der Waals surface area contributed by atoms with Gasteiger partial charge in [0.15, 0.2) is 0 Å². The van der Waals surface area contributed by atoms with Gasteiger partial charge >= 0.3 is 6.03 Å². The van der Waals surface area contributed by atoms with Crippen molar-refractivity contribution in [1.82, 2.24) is 10.6 Å². The Balaban J connectivity index is 1.54. The van der Waals surface area contributed by atoms with E-state index in [0.29, 0.717) is 13.1 Å². The van der Waals surface area contributed by atoms with Gasteiger partial charge in [-0.3, -0.25) is 0 Å². The van der Waals surface area contributed by atoms with Gasteiger partial charge in [-0.05, 0) is 31.4 Å². The van der Waals surface area contributed by atoms with Crippen LogP contribution in [-0.2, 0) is 0 Å². The number of aliphatic hydroxyl groups is 1. The molecule has 0 unspecified atom stereocenters. The third-order valence-electron chi connectivity index (χ3n) is 3.26. The molecule has 2 rings (SSSR count). The average Bonchev–Trinajstić information content (AvgIpc) is 2.40. The molecular formula is C14H20N2O2S. The minimum absolute atomic E-state index is 0.200. The van der Waals surface area contributed by atoms with Crippen LogP contribution in [0, 0.1) is 0 Å². The minimum Gasteiger partial charge on any atom is -0.388 e. The number of amides is 2. The van der Waals surface area contributed by atoms with Gasteiger partial charge in [-0.25, -0.2) is 4.79 Å². The molecule has 4 nitrogen and oxygen atoms in total. The van der Waals surface area contributed by atoms with E-state index in [4.69, 9.17) is 0 Å². The van der Waals surface area contributed by atoms with Gasteiger partial charge in [-0.2, -0.15) is 0 Å². The van der Waals surface area contributed by atoms with E-state index < -0.39 is 5.60 Å². The lowest BCUT2D eigenvalue weighted by Crippen LogP contribution is -2.50. The zero-order valence-corrected chi connectivity index (χ0v) is 11.7. The van der Waals surface area contributed by atoms with Crippen molar-refractivity contribution in [3.05, 3.63) is 30.3 Å². The van der Waals surface area contributed by atoms with Crippen LogP contribution >= 0.6 is 11.8 Å². The zero-order chi connectivity index (χ0) is 13.6. The maximum atomic E-state index is 11.5. The normalized spacial score (nSPS) is 16.5. The number of hydrogen-bond acceptors (Lipinski definition) is 3. The largest absolute Gasteiger partial charge is 0.388 e. The maximum absolute atomic E-state index is 11.5. The third kappa shape index (κ3) is 4.76. The SMILES string of the molecule is O=C(NCCSc1ccccc1)NCC1(O)CCC1. The van der Waals surface area contributed by atoms with Crippen molar-refractivity contribution in [3.63, 3.8) is 0 Å². The first-order chi connectivity index (χ1) is 9.18. The lowest BCUT2D eigenvalue weighted by Gasteiger charge is -2.36. The van der Waals surface area contributed by atoms with E-state index in [1.54, 1.807) is 11.8 Å². The first kappa shape index (κ1) is 14.2. The molecule has 0 aliphatic heterocycles. The molecule has 0 aromatic heterocycles. The molecule has 0 spiro atoms. The van der Waals surface area contributed by atoms with E-state index in [1.807, 2.05) is 18.2 Å². The van der Waals surface area contributed by atoms with Gasteiger partial charge in [0.2, 0.25) is 0 Å². The third-order valence-corrected chi connectivity index (χ3v) is 4.28. The van der Waals surface area contributed by atoms with Crippen LogP contribution in [0.1, 0.15) is 19.3 Å².